The van der Waals surface area contributed by atoms with Crippen molar-refractivity contribution in [2.45, 2.75) is 64.4 Å². The van der Waals surface area contributed by atoms with Crippen molar-refractivity contribution in [3.63, 3.8) is 0 Å². The lowest BCUT2D eigenvalue weighted by molar-refractivity contribution is -0.167. The van der Waals surface area contributed by atoms with E-state index in [0.29, 0.717) is 18.3 Å². The highest BCUT2D eigenvalue weighted by atomic mass is 16.3. The van der Waals surface area contributed by atoms with Crippen LogP contribution in [-0.2, 0) is 4.79 Å². The zero-order chi connectivity index (χ0) is 18.4. The molecule has 2 atom stereocenters. The lowest BCUT2D eigenvalue weighted by Crippen LogP contribution is -2.56. The van der Waals surface area contributed by atoms with Crippen LogP contribution >= 0.6 is 0 Å². The van der Waals surface area contributed by atoms with Crippen molar-refractivity contribution < 1.29 is 9.90 Å². The minimum absolute atomic E-state index is 0.0114. The summed E-state index contributed by atoms with van der Waals surface area (Å²) in [5, 5.41) is 13.9. The Balaban J connectivity index is 1.40. The first-order valence-electron chi connectivity index (χ1n) is 10.2. The first kappa shape index (κ1) is 17.8. The zero-order valence-corrected chi connectivity index (χ0v) is 16.0. The Morgan fingerprint density at radius 2 is 1.92 bits per heavy atom. The molecule has 5 rings (SSSR count). The van der Waals surface area contributed by atoms with Gasteiger partial charge in [0.2, 0.25) is 5.91 Å². The molecule has 0 aliphatic heterocycles. The van der Waals surface area contributed by atoms with Crippen LogP contribution in [0.4, 0.5) is 11.5 Å². The molecule has 1 amide bonds. The third-order valence-electron chi connectivity index (χ3n) is 6.81. The maximum atomic E-state index is 12.7. The van der Waals surface area contributed by atoms with Crippen molar-refractivity contribution in [3.8, 4) is 0 Å². The van der Waals surface area contributed by atoms with E-state index in [1.165, 1.54) is 6.42 Å². The van der Waals surface area contributed by atoms with E-state index in [1.807, 2.05) is 12.1 Å². The van der Waals surface area contributed by atoms with Crippen LogP contribution in [0.3, 0.4) is 0 Å². The molecule has 2 unspecified atom stereocenters. The number of hydrogen-bond acceptors (Lipinski definition) is 4. The second kappa shape index (κ2) is 6.52. The van der Waals surface area contributed by atoms with E-state index in [1.54, 1.807) is 6.20 Å². The van der Waals surface area contributed by atoms with Crippen molar-refractivity contribution in [2.24, 2.45) is 17.3 Å². The number of nitrogens with zero attached hydrogens (tertiary/aromatic N) is 2. The number of carbonyl (C=O) groups excluding carboxylic acids is 1. The fourth-order valence-electron chi connectivity index (χ4n) is 6.35. The van der Waals surface area contributed by atoms with Gasteiger partial charge in [0.15, 0.2) is 0 Å². The molecule has 2 N–H and O–H groups in total. The highest BCUT2D eigenvalue weighted by Crippen LogP contribution is 2.62. The molecule has 0 radical (unpaired) electrons. The van der Waals surface area contributed by atoms with Gasteiger partial charge >= 0.3 is 0 Å². The maximum Gasteiger partial charge on any atom is 0.224 e. The van der Waals surface area contributed by atoms with Crippen LogP contribution in [-0.4, -0.2) is 34.7 Å². The highest BCUT2D eigenvalue weighted by molar-refractivity contribution is 5.91. The molecule has 142 valence electrons. The third-order valence-corrected chi connectivity index (χ3v) is 6.81. The van der Waals surface area contributed by atoms with Gasteiger partial charge in [0.05, 0.1) is 17.5 Å². The second-order valence-electron chi connectivity index (χ2n) is 8.99. The van der Waals surface area contributed by atoms with Crippen LogP contribution in [0.15, 0.2) is 18.3 Å². The fraction of sp³-hybridized carbons (Fsp3) is 0.714. The van der Waals surface area contributed by atoms with Crippen LogP contribution in [0.1, 0.15) is 58.8 Å². The van der Waals surface area contributed by atoms with Crippen molar-refractivity contribution >= 4 is 17.4 Å². The van der Waals surface area contributed by atoms with Crippen LogP contribution in [0.5, 0.6) is 0 Å². The van der Waals surface area contributed by atoms with E-state index < -0.39 is 5.60 Å². The third kappa shape index (κ3) is 3.34. The minimum Gasteiger partial charge on any atom is -0.390 e. The molecule has 1 aromatic heterocycles. The van der Waals surface area contributed by atoms with Gasteiger partial charge in [0, 0.05) is 19.5 Å². The molecule has 4 aliphatic carbocycles. The van der Waals surface area contributed by atoms with Gasteiger partial charge in [-0.1, -0.05) is 0 Å². The number of anilines is 2. The highest BCUT2D eigenvalue weighted by Gasteiger charge is 2.57. The Hall–Kier alpha value is -1.62. The molecule has 5 nitrogen and oxygen atoms in total. The topological polar surface area (TPSA) is 65.5 Å². The first-order valence-corrected chi connectivity index (χ1v) is 10.2. The number of rotatable bonds is 6. The number of carbonyl (C=O) groups is 1. The second-order valence-corrected chi connectivity index (χ2v) is 8.99. The van der Waals surface area contributed by atoms with E-state index in [2.05, 4.69) is 29.0 Å². The van der Waals surface area contributed by atoms with E-state index in [9.17, 15) is 9.90 Å². The smallest absolute Gasteiger partial charge is 0.224 e. The van der Waals surface area contributed by atoms with Crippen LogP contribution < -0.4 is 10.2 Å². The van der Waals surface area contributed by atoms with Crippen LogP contribution in [0.25, 0.3) is 0 Å². The number of nitrogens with one attached hydrogen (secondary N) is 1. The fourth-order valence-corrected chi connectivity index (χ4v) is 6.35. The average molecular weight is 357 g/mol. The summed E-state index contributed by atoms with van der Waals surface area (Å²) in [6, 6.07) is 3.90. The molecule has 0 spiro atoms. The Bertz CT molecular complexity index is 654. The minimum atomic E-state index is -0.503. The SMILES string of the molecule is CCN(CC)c1ccc(NC(=O)CC23CC4CC(CC(O)(C4)C2)C3)cn1. The number of pyridine rings is 1. The summed E-state index contributed by atoms with van der Waals surface area (Å²) in [6.07, 6.45) is 8.45. The van der Waals surface area contributed by atoms with Gasteiger partial charge < -0.3 is 15.3 Å². The molecule has 0 saturated heterocycles. The van der Waals surface area contributed by atoms with Crippen LogP contribution in [0, 0.1) is 17.3 Å². The quantitative estimate of drug-likeness (QED) is 0.817. The van der Waals surface area contributed by atoms with Gasteiger partial charge in [-0.3, -0.25) is 4.79 Å². The molecular weight excluding hydrogens is 326 g/mol. The molecular formula is C21H31N3O2. The van der Waals surface area contributed by atoms with Crippen molar-refractivity contribution in [3.05, 3.63) is 18.3 Å². The Labute approximate surface area is 156 Å². The van der Waals surface area contributed by atoms with E-state index in [-0.39, 0.29) is 11.3 Å². The van der Waals surface area contributed by atoms with Crippen molar-refractivity contribution in [1.82, 2.24) is 4.98 Å². The summed E-state index contributed by atoms with van der Waals surface area (Å²) in [5.41, 5.74) is 0.267. The molecule has 4 fully saturated rings. The molecule has 26 heavy (non-hydrogen) atoms. The molecule has 5 heteroatoms. The molecule has 0 aromatic carbocycles. The maximum absolute atomic E-state index is 12.7. The summed E-state index contributed by atoms with van der Waals surface area (Å²) in [4.78, 5) is 19.4. The Morgan fingerprint density at radius 3 is 2.46 bits per heavy atom. The van der Waals surface area contributed by atoms with Gasteiger partial charge in [-0.25, -0.2) is 4.98 Å². The van der Waals surface area contributed by atoms with Gasteiger partial charge in [0.1, 0.15) is 5.82 Å². The summed E-state index contributed by atoms with van der Waals surface area (Å²) in [7, 11) is 0. The lowest BCUT2D eigenvalue weighted by atomic mass is 9.47. The Kier molecular flexibility index (Phi) is 4.46. The number of hydrogen-bond donors (Lipinski definition) is 2. The van der Waals surface area contributed by atoms with Gasteiger partial charge in [-0.15, -0.1) is 0 Å². The lowest BCUT2D eigenvalue weighted by Gasteiger charge is -2.60. The van der Waals surface area contributed by atoms with Crippen molar-refractivity contribution in [2.75, 3.05) is 23.3 Å². The summed E-state index contributed by atoms with van der Waals surface area (Å²) >= 11 is 0. The van der Waals surface area contributed by atoms with Gasteiger partial charge in [-0.2, -0.15) is 0 Å². The van der Waals surface area contributed by atoms with E-state index in [4.69, 9.17) is 0 Å². The van der Waals surface area contributed by atoms with E-state index >= 15 is 0 Å². The van der Waals surface area contributed by atoms with Crippen LogP contribution in [0.2, 0.25) is 0 Å². The largest absolute Gasteiger partial charge is 0.390 e. The summed E-state index contributed by atoms with van der Waals surface area (Å²) < 4.78 is 0. The Morgan fingerprint density at radius 1 is 1.23 bits per heavy atom. The zero-order valence-electron chi connectivity index (χ0n) is 16.0. The molecule has 1 aromatic rings. The number of amides is 1. The summed E-state index contributed by atoms with van der Waals surface area (Å²) in [5.74, 6) is 2.23. The monoisotopic (exact) mass is 357 g/mol. The summed E-state index contributed by atoms with van der Waals surface area (Å²) in [6.45, 7) is 6.06. The molecule has 1 heterocycles. The van der Waals surface area contributed by atoms with Gasteiger partial charge in [-0.05, 0) is 81.8 Å². The molecule has 4 bridgehead atoms. The molecule has 4 saturated carbocycles. The average Bonchev–Trinajstić information content (AvgIpc) is 2.54. The van der Waals surface area contributed by atoms with Gasteiger partial charge in [0.25, 0.3) is 0 Å². The van der Waals surface area contributed by atoms with Crippen molar-refractivity contribution in [1.29, 1.82) is 0 Å². The predicted octanol–water partition coefficient (Wildman–Crippen LogP) is 3.59. The normalized spacial score (nSPS) is 34.7. The van der Waals surface area contributed by atoms with E-state index in [0.717, 1.165) is 56.7 Å². The number of aromatic nitrogens is 1. The standard InChI is InChI=1S/C21H31N3O2/c1-3-24(4-2)18-6-5-17(13-22-18)23-19(25)12-20-8-15-7-16(9-20)11-21(26,10-15)14-20/h5-6,13,15-16,26H,3-4,7-12,14H2,1-2H3,(H,23,25). The molecule has 4 aliphatic rings. The predicted molar refractivity (Wildman–Crippen MR) is 103 cm³/mol. The number of aliphatic hydroxyl groups is 1. The first-order chi connectivity index (χ1) is 12.4.